The predicted molar refractivity (Wildman–Crippen MR) is 74.5 cm³/mol. The number of rotatable bonds is 7. The molecule has 1 heterocycles. The van der Waals surface area contributed by atoms with Crippen molar-refractivity contribution in [3.8, 4) is 5.75 Å². The predicted octanol–water partition coefficient (Wildman–Crippen LogP) is 1.37. The van der Waals surface area contributed by atoms with Crippen molar-refractivity contribution in [1.82, 2.24) is 5.32 Å². The van der Waals surface area contributed by atoms with Gasteiger partial charge in [-0.1, -0.05) is 18.2 Å². The van der Waals surface area contributed by atoms with Crippen LogP contribution in [0.2, 0.25) is 0 Å². The molecule has 0 spiro atoms. The molecule has 2 N–H and O–H groups in total. The summed E-state index contributed by atoms with van der Waals surface area (Å²) in [4.78, 5) is 0. The lowest BCUT2D eigenvalue weighted by Crippen LogP contribution is -2.42. The second-order valence-corrected chi connectivity index (χ2v) is 5.42. The molecule has 106 valence electrons. The first-order valence-electron chi connectivity index (χ1n) is 6.77. The first kappa shape index (κ1) is 14.3. The van der Waals surface area contributed by atoms with Crippen LogP contribution in [0.4, 0.5) is 0 Å². The molecule has 0 radical (unpaired) electrons. The van der Waals surface area contributed by atoms with Crippen LogP contribution in [0, 0.1) is 0 Å². The maximum atomic E-state index is 10.1. The highest BCUT2D eigenvalue weighted by atomic mass is 16.5. The van der Waals surface area contributed by atoms with Crippen molar-refractivity contribution in [2.24, 2.45) is 0 Å². The van der Waals surface area contributed by atoms with Gasteiger partial charge in [-0.2, -0.15) is 0 Å². The van der Waals surface area contributed by atoms with Crippen molar-refractivity contribution in [3.63, 3.8) is 0 Å². The SMILES string of the molecule is COCCC(C)(O)CNCC1Cc2ccccc2O1. The van der Waals surface area contributed by atoms with Gasteiger partial charge in [-0.05, 0) is 18.6 Å². The second-order valence-electron chi connectivity index (χ2n) is 5.42. The zero-order valence-electron chi connectivity index (χ0n) is 11.7. The van der Waals surface area contributed by atoms with Crippen molar-refractivity contribution in [2.45, 2.75) is 31.5 Å². The third-order valence-corrected chi connectivity index (χ3v) is 3.44. The van der Waals surface area contributed by atoms with Gasteiger partial charge in [0.2, 0.25) is 0 Å². The van der Waals surface area contributed by atoms with Crippen molar-refractivity contribution >= 4 is 0 Å². The van der Waals surface area contributed by atoms with Gasteiger partial charge >= 0.3 is 0 Å². The summed E-state index contributed by atoms with van der Waals surface area (Å²) in [7, 11) is 1.65. The molecule has 0 aromatic heterocycles. The number of fused-ring (bicyclic) bond motifs is 1. The molecule has 2 rings (SSSR count). The minimum Gasteiger partial charge on any atom is -0.488 e. The van der Waals surface area contributed by atoms with E-state index in [4.69, 9.17) is 9.47 Å². The molecule has 1 aliphatic heterocycles. The average molecular weight is 265 g/mol. The Kier molecular flexibility index (Phi) is 4.80. The monoisotopic (exact) mass is 265 g/mol. The number of hydrogen-bond donors (Lipinski definition) is 2. The van der Waals surface area contributed by atoms with E-state index in [-0.39, 0.29) is 6.10 Å². The highest BCUT2D eigenvalue weighted by Gasteiger charge is 2.24. The lowest BCUT2D eigenvalue weighted by Gasteiger charge is -2.24. The van der Waals surface area contributed by atoms with Gasteiger partial charge in [-0.15, -0.1) is 0 Å². The van der Waals surface area contributed by atoms with Gasteiger partial charge in [0.05, 0.1) is 5.60 Å². The zero-order valence-corrected chi connectivity index (χ0v) is 11.7. The molecule has 4 heteroatoms. The van der Waals surface area contributed by atoms with E-state index < -0.39 is 5.60 Å². The van der Waals surface area contributed by atoms with Crippen LogP contribution in [0.25, 0.3) is 0 Å². The minimum absolute atomic E-state index is 0.163. The molecule has 2 atom stereocenters. The zero-order chi connectivity index (χ0) is 13.7. The molecule has 19 heavy (non-hydrogen) atoms. The van der Waals surface area contributed by atoms with Crippen LogP contribution in [0.5, 0.6) is 5.75 Å². The summed E-state index contributed by atoms with van der Waals surface area (Å²) in [5.41, 5.74) is 0.530. The number of ether oxygens (including phenoxy) is 2. The van der Waals surface area contributed by atoms with Crippen molar-refractivity contribution in [1.29, 1.82) is 0 Å². The van der Waals surface area contributed by atoms with Gasteiger partial charge in [-0.25, -0.2) is 0 Å². The normalized spacial score (nSPS) is 20.7. The van der Waals surface area contributed by atoms with Gasteiger partial charge in [0.25, 0.3) is 0 Å². The molecule has 0 saturated carbocycles. The molecule has 0 amide bonds. The van der Waals surface area contributed by atoms with Crippen LogP contribution in [0.15, 0.2) is 24.3 Å². The summed E-state index contributed by atoms with van der Waals surface area (Å²) in [6.07, 6.45) is 1.72. The van der Waals surface area contributed by atoms with E-state index in [2.05, 4.69) is 11.4 Å². The molecule has 0 bridgehead atoms. The van der Waals surface area contributed by atoms with Crippen molar-refractivity contribution < 1.29 is 14.6 Å². The van der Waals surface area contributed by atoms with E-state index in [0.29, 0.717) is 19.6 Å². The molecular weight excluding hydrogens is 242 g/mol. The molecule has 4 nitrogen and oxygen atoms in total. The van der Waals surface area contributed by atoms with Gasteiger partial charge < -0.3 is 19.9 Å². The van der Waals surface area contributed by atoms with E-state index in [0.717, 1.165) is 18.7 Å². The highest BCUT2D eigenvalue weighted by molar-refractivity contribution is 5.37. The number of aliphatic hydroxyl groups is 1. The van der Waals surface area contributed by atoms with E-state index in [1.807, 2.05) is 25.1 Å². The van der Waals surface area contributed by atoms with Gasteiger partial charge in [0.1, 0.15) is 11.9 Å². The Labute approximate surface area is 114 Å². The average Bonchev–Trinajstić information content (AvgIpc) is 2.78. The molecular formula is C15H23NO3. The van der Waals surface area contributed by atoms with Crippen LogP contribution < -0.4 is 10.1 Å². The Bertz CT molecular complexity index is 381. The number of para-hydroxylation sites is 1. The second kappa shape index (κ2) is 6.37. The largest absolute Gasteiger partial charge is 0.488 e. The summed E-state index contributed by atoms with van der Waals surface area (Å²) in [6, 6.07) is 8.13. The summed E-state index contributed by atoms with van der Waals surface area (Å²) in [6.45, 7) is 3.69. The number of benzene rings is 1. The smallest absolute Gasteiger partial charge is 0.123 e. The lowest BCUT2D eigenvalue weighted by atomic mass is 10.0. The standard InChI is InChI=1S/C15H23NO3/c1-15(17,7-8-18-2)11-16-10-13-9-12-5-3-4-6-14(12)19-13/h3-6,13,16-17H,7-11H2,1-2H3. The summed E-state index contributed by atoms with van der Waals surface area (Å²) in [5, 5.41) is 13.4. The van der Waals surface area contributed by atoms with E-state index in [9.17, 15) is 5.11 Å². The van der Waals surface area contributed by atoms with Crippen LogP contribution in [-0.4, -0.2) is 43.6 Å². The minimum atomic E-state index is -0.735. The summed E-state index contributed by atoms with van der Waals surface area (Å²) >= 11 is 0. The summed E-state index contributed by atoms with van der Waals surface area (Å²) < 4.78 is 10.8. The number of methoxy groups -OCH3 is 1. The molecule has 0 aliphatic carbocycles. The molecule has 1 aromatic carbocycles. The Balaban J connectivity index is 1.71. The van der Waals surface area contributed by atoms with Gasteiger partial charge in [-0.3, -0.25) is 0 Å². The van der Waals surface area contributed by atoms with Gasteiger partial charge in [0, 0.05) is 39.6 Å². The van der Waals surface area contributed by atoms with E-state index in [1.165, 1.54) is 5.56 Å². The van der Waals surface area contributed by atoms with E-state index in [1.54, 1.807) is 7.11 Å². The fraction of sp³-hybridized carbons (Fsp3) is 0.600. The molecule has 0 saturated heterocycles. The maximum absolute atomic E-state index is 10.1. The summed E-state index contributed by atoms with van der Waals surface area (Å²) in [5.74, 6) is 0.987. The fourth-order valence-electron chi connectivity index (χ4n) is 2.28. The third-order valence-electron chi connectivity index (χ3n) is 3.44. The van der Waals surface area contributed by atoms with E-state index >= 15 is 0 Å². The lowest BCUT2D eigenvalue weighted by molar-refractivity contribution is 0.0235. The molecule has 0 fully saturated rings. The highest BCUT2D eigenvalue weighted by Crippen LogP contribution is 2.27. The molecule has 1 aliphatic rings. The first-order valence-corrected chi connectivity index (χ1v) is 6.77. The fourth-order valence-corrected chi connectivity index (χ4v) is 2.28. The number of nitrogens with one attached hydrogen (secondary N) is 1. The Morgan fingerprint density at radius 3 is 3.00 bits per heavy atom. The Morgan fingerprint density at radius 2 is 2.26 bits per heavy atom. The Morgan fingerprint density at radius 1 is 1.47 bits per heavy atom. The van der Waals surface area contributed by atoms with Gasteiger partial charge in [0.15, 0.2) is 0 Å². The third kappa shape index (κ3) is 4.20. The Hall–Kier alpha value is -1.10. The topological polar surface area (TPSA) is 50.7 Å². The maximum Gasteiger partial charge on any atom is 0.123 e. The van der Waals surface area contributed by atoms with Crippen molar-refractivity contribution in [3.05, 3.63) is 29.8 Å². The van der Waals surface area contributed by atoms with Crippen LogP contribution in [0.3, 0.4) is 0 Å². The molecule has 2 unspecified atom stereocenters. The van der Waals surface area contributed by atoms with Crippen LogP contribution in [0.1, 0.15) is 18.9 Å². The van der Waals surface area contributed by atoms with Crippen LogP contribution >= 0.6 is 0 Å². The molecule has 1 aromatic rings. The van der Waals surface area contributed by atoms with Crippen LogP contribution in [-0.2, 0) is 11.2 Å². The first-order chi connectivity index (χ1) is 9.11. The van der Waals surface area contributed by atoms with Crippen molar-refractivity contribution in [2.75, 3.05) is 26.8 Å². The number of hydrogen-bond acceptors (Lipinski definition) is 4. The quantitative estimate of drug-likeness (QED) is 0.782.